The Balaban J connectivity index is 1.73. The van der Waals surface area contributed by atoms with Crippen LogP contribution in [0.15, 0.2) is 41.4 Å². The van der Waals surface area contributed by atoms with Gasteiger partial charge in [0, 0.05) is 4.47 Å². The van der Waals surface area contributed by atoms with Crippen molar-refractivity contribution in [1.82, 2.24) is 14.8 Å². The third-order valence-electron chi connectivity index (χ3n) is 4.22. The molecule has 0 saturated heterocycles. The van der Waals surface area contributed by atoms with Crippen molar-refractivity contribution >= 4 is 15.9 Å². The smallest absolute Gasteiger partial charge is 0.137 e. The van der Waals surface area contributed by atoms with Crippen LogP contribution in [-0.4, -0.2) is 25.5 Å². The molecule has 4 nitrogen and oxygen atoms in total. The number of aromatic nitrogens is 3. The van der Waals surface area contributed by atoms with Crippen LogP contribution in [0.2, 0.25) is 0 Å². The highest BCUT2D eigenvalue weighted by molar-refractivity contribution is 9.10. The Kier molecular flexibility index (Phi) is 3.89. The summed E-state index contributed by atoms with van der Waals surface area (Å²) in [6, 6.07) is 8.36. The van der Waals surface area contributed by atoms with Gasteiger partial charge in [0.2, 0.25) is 0 Å². The van der Waals surface area contributed by atoms with Gasteiger partial charge in [-0.3, -0.25) is 4.68 Å². The molecule has 20 heavy (non-hydrogen) atoms. The van der Waals surface area contributed by atoms with Gasteiger partial charge in [0.05, 0.1) is 12.1 Å². The van der Waals surface area contributed by atoms with E-state index in [0.29, 0.717) is 6.54 Å². The monoisotopic (exact) mass is 335 g/mol. The maximum atomic E-state index is 10.9. The van der Waals surface area contributed by atoms with E-state index in [1.54, 1.807) is 11.0 Å². The SMILES string of the molecule is OC1(Cn2cncn2)CCCC1Cc1ccc(Br)cc1. The van der Waals surface area contributed by atoms with Crippen molar-refractivity contribution in [3.63, 3.8) is 0 Å². The van der Waals surface area contributed by atoms with Gasteiger partial charge in [0.25, 0.3) is 0 Å². The number of benzene rings is 1. The summed E-state index contributed by atoms with van der Waals surface area (Å²) in [6.07, 6.45) is 7.09. The number of hydrogen-bond donors (Lipinski definition) is 1. The van der Waals surface area contributed by atoms with Crippen LogP contribution < -0.4 is 0 Å². The van der Waals surface area contributed by atoms with E-state index in [0.717, 1.165) is 30.2 Å². The fourth-order valence-electron chi connectivity index (χ4n) is 3.13. The van der Waals surface area contributed by atoms with E-state index >= 15 is 0 Å². The summed E-state index contributed by atoms with van der Waals surface area (Å²) in [5.41, 5.74) is 0.609. The number of rotatable bonds is 4. The maximum Gasteiger partial charge on any atom is 0.137 e. The predicted molar refractivity (Wildman–Crippen MR) is 80.2 cm³/mol. The lowest BCUT2D eigenvalue weighted by Gasteiger charge is -2.30. The van der Waals surface area contributed by atoms with Crippen molar-refractivity contribution in [3.05, 3.63) is 47.0 Å². The lowest BCUT2D eigenvalue weighted by Crippen LogP contribution is -2.39. The zero-order valence-corrected chi connectivity index (χ0v) is 12.8. The summed E-state index contributed by atoms with van der Waals surface area (Å²) >= 11 is 3.45. The predicted octanol–water partition coefficient (Wildman–Crippen LogP) is 2.81. The van der Waals surface area contributed by atoms with Crippen LogP contribution in [0.1, 0.15) is 24.8 Å². The molecule has 106 valence electrons. The Labute approximate surface area is 127 Å². The zero-order chi connectivity index (χ0) is 14.0. The van der Waals surface area contributed by atoms with Gasteiger partial charge in [0.1, 0.15) is 12.7 Å². The quantitative estimate of drug-likeness (QED) is 0.934. The lowest BCUT2D eigenvalue weighted by molar-refractivity contribution is -0.0163. The Morgan fingerprint density at radius 1 is 1.35 bits per heavy atom. The van der Waals surface area contributed by atoms with E-state index in [1.807, 2.05) is 0 Å². The van der Waals surface area contributed by atoms with Gasteiger partial charge in [-0.15, -0.1) is 0 Å². The molecule has 0 aliphatic heterocycles. The molecule has 3 rings (SSSR count). The Bertz CT molecular complexity index is 555. The van der Waals surface area contributed by atoms with E-state index in [-0.39, 0.29) is 5.92 Å². The summed E-state index contributed by atoms with van der Waals surface area (Å²) in [7, 11) is 0. The second-order valence-corrected chi connectivity index (χ2v) is 6.53. The van der Waals surface area contributed by atoms with Gasteiger partial charge in [-0.25, -0.2) is 4.98 Å². The molecule has 1 heterocycles. The van der Waals surface area contributed by atoms with Crippen molar-refractivity contribution < 1.29 is 5.11 Å². The largest absolute Gasteiger partial charge is 0.388 e. The fraction of sp³-hybridized carbons (Fsp3) is 0.467. The van der Waals surface area contributed by atoms with Gasteiger partial charge in [-0.2, -0.15) is 5.10 Å². The molecular formula is C15H18BrN3O. The van der Waals surface area contributed by atoms with Crippen molar-refractivity contribution in [2.75, 3.05) is 0 Å². The van der Waals surface area contributed by atoms with E-state index in [9.17, 15) is 5.11 Å². The second kappa shape index (κ2) is 5.66. The number of nitrogens with zero attached hydrogens (tertiary/aromatic N) is 3. The minimum atomic E-state index is -0.666. The van der Waals surface area contributed by atoms with Gasteiger partial charge < -0.3 is 5.11 Å². The molecule has 1 aromatic carbocycles. The van der Waals surface area contributed by atoms with Crippen LogP contribution >= 0.6 is 15.9 Å². The van der Waals surface area contributed by atoms with E-state index in [1.165, 1.54) is 11.9 Å². The van der Waals surface area contributed by atoms with Gasteiger partial charge in [0.15, 0.2) is 0 Å². The minimum absolute atomic E-state index is 0.285. The van der Waals surface area contributed by atoms with Crippen LogP contribution in [0.5, 0.6) is 0 Å². The van der Waals surface area contributed by atoms with Crippen molar-refractivity contribution in [3.8, 4) is 0 Å². The number of aliphatic hydroxyl groups is 1. The molecule has 1 aliphatic carbocycles. The third-order valence-corrected chi connectivity index (χ3v) is 4.75. The Morgan fingerprint density at radius 2 is 2.15 bits per heavy atom. The van der Waals surface area contributed by atoms with Crippen molar-refractivity contribution in [2.24, 2.45) is 5.92 Å². The molecule has 1 saturated carbocycles. The molecular weight excluding hydrogens is 318 g/mol. The summed E-state index contributed by atoms with van der Waals surface area (Å²) in [5.74, 6) is 0.285. The molecule has 0 amide bonds. The molecule has 2 aromatic rings. The van der Waals surface area contributed by atoms with Crippen LogP contribution in [0.4, 0.5) is 0 Å². The standard InChI is InChI=1S/C15H18BrN3O/c16-14-5-3-12(4-6-14)8-13-2-1-7-15(13,20)9-19-11-17-10-18-19/h3-6,10-11,13,20H,1-2,7-9H2. The van der Waals surface area contributed by atoms with E-state index < -0.39 is 5.60 Å². The topological polar surface area (TPSA) is 50.9 Å². The van der Waals surface area contributed by atoms with Crippen molar-refractivity contribution in [2.45, 2.75) is 37.8 Å². The Morgan fingerprint density at radius 3 is 2.85 bits per heavy atom. The van der Waals surface area contributed by atoms with Crippen LogP contribution in [-0.2, 0) is 13.0 Å². The average Bonchev–Trinajstić information content (AvgIpc) is 3.04. The lowest BCUT2D eigenvalue weighted by atomic mass is 9.85. The highest BCUT2D eigenvalue weighted by Gasteiger charge is 2.41. The molecule has 0 bridgehead atoms. The van der Waals surface area contributed by atoms with Crippen LogP contribution in [0, 0.1) is 5.92 Å². The molecule has 2 atom stereocenters. The van der Waals surface area contributed by atoms with Crippen molar-refractivity contribution in [1.29, 1.82) is 0 Å². The highest BCUT2D eigenvalue weighted by atomic mass is 79.9. The first-order valence-electron chi connectivity index (χ1n) is 6.95. The molecule has 1 aromatic heterocycles. The summed E-state index contributed by atoms with van der Waals surface area (Å²) < 4.78 is 2.82. The molecule has 0 spiro atoms. The third kappa shape index (κ3) is 2.94. The average molecular weight is 336 g/mol. The minimum Gasteiger partial charge on any atom is -0.388 e. The summed E-state index contributed by atoms with van der Waals surface area (Å²) in [6.45, 7) is 0.536. The normalized spacial score (nSPS) is 26.0. The van der Waals surface area contributed by atoms with E-state index in [2.05, 4.69) is 50.3 Å². The number of halogens is 1. The van der Waals surface area contributed by atoms with E-state index in [4.69, 9.17) is 0 Å². The van der Waals surface area contributed by atoms with Gasteiger partial charge in [-0.05, 0) is 42.9 Å². The second-order valence-electron chi connectivity index (χ2n) is 5.62. The molecule has 2 unspecified atom stereocenters. The summed E-state index contributed by atoms with van der Waals surface area (Å²) in [5, 5.41) is 15.1. The molecule has 1 aliphatic rings. The molecule has 0 radical (unpaired) electrons. The maximum absolute atomic E-state index is 10.9. The fourth-order valence-corrected chi connectivity index (χ4v) is 3.39. The van der Waals surface area contributed by atoms with Gasteiger partial charge in [-0.1, -0.05) is 34.5 Å². The Hall–Kier alpha value is -1.20. The highest BCUT2D eigenvalue weighted by Crippen LogP contribution is 2.39. The zero-order valence-electron chi connectivity index (χ0n) is 11.2. The molecule has 1 N–H and O–H groups in total. The first-order chi connectivity index (χ1) is 9.66. The van der Waals surface area contributed by atoms with Crippen LogP contribution in [0.25, 0.3) is 0 Å². The first-order valence-corrected chi connectivity index (χ1v) is 7.74. The number of hydrogen-bond acceptors (Lipinski definition) is 3. The molecule has 5 heteroatoms. The summed E-state index contributed by atoms with van der Waals surface area (Å²) in [4.78, 5) is 3.95. The van der Waals surface area contributed by atoms with Crippen LogP contribution in [0.3, 0.4) is 0 Å². The first kappa shape index (κ1) is 13.8. The van der Waals surface area contributed by atoms with Gasteiger partial charge >= 0.3 is 0 Å². The molecule has 1 fully saturated rings.